The summed E-state index contributed by atoms with van der Waals surface area (Å²) in [5, 5.41) is 8.31. The molecule has 0 aliphatic heterocycles. The second kappa shape index (κ2) is 7.38. The number of rotatable bonds is 6. The van der Waals surface area contributed by atoms with Gasteiger partial charge in [0.1, 0.15) is 8.07 Å². The van der Waals surface area contributed by atoms with Gasteiger partial charge < -0.3 is 0 Å². The van der Waals surface area contributed by atoms with Crippen molar-refractivity contribution in [1.82, 2.24) is 0 Å². The normalized spacial score (nSPS) is 11.6. The van der Waals surface area contributed by atoms with Gasteiger partial charge in [0.15, 0.2) is 0 Å². The van der Waals surface area contributed by atoms with Crippen LogP contribution in [0.2, 0.25) is 12.1 Å². The molecule has 0 heterocycles. The van der Waals surface area contributed by atoms with E-state index in [1.165, 1.54) is 31.9 Å². The quantitative estimate of drug-likeness (QED) is 0.294. The first-order valence-corrected chi connectivity index (χ1v) is 11.9. The number of hydrogen-bond acceptors (Lipinski definition) is 0. The number of hydrogen-bond donors (Lipinski definition) is 0. The molecule has 132 valence electrons. The van der Waals surface area contributed by atoms with Gasteiger partial charge in [-0.15, -0.1) is 13.2 Å². The summed E-state index contributed by atoms with van der Waals surface area (Å²) in [6.45, 7) is 8.28. The summed E-state index contributed by atoms with van der Waals surface area (Å²) in [6.07, 6.45) is 4.22. The van der Waals surface area contributed by atoms with E-state index >= 15 is 0 Å². The SMILES string of the molecule is C=CC[Si](CC=C)(c1cccc2ccccc12)c1cccc2ccccc12. The molecule has 4 aromatic rings. The molecule has 4 rings (SSSR count). The minimum Gasteiger partial charge on any atom is -0.103 e. The Labute approximate surface area is 162 Å². The fourth-order valence-corrected chi connectivity index (χ4v) is 9.09. The molecule has 4 aromatic carbocycles. The minimum absolute atomic E-state index is 1.00. The summed E-state index contributed by atoms with van der Waals surface area (Å²) in [5.41, 5.74) is 0. The Morgan fingerprint density at radius 2 is 0.963 bits per heavy atom. The number of allylic oxidation sites excluding steroid dienone is 2. The van der Waals surface area contributed by atoms with E-state index in [0.29, 0.717) is 0 Å². The van der Waals surface area contributed by atoms with Crippen LogP contribution in [0.1, 0.15) is 0 Å². The summed E-state index contributed by atoms with van der Waals surface area (Å²) < 4.78 is 0. The molecule has 27 heavy (non-hydrogen) atoms. The lowest BCUT2D eigenvalue weighted by Gasteiger charge is -2.33. The van der Waals surface area contributed by atoms with Crippen LogP contribution >= 0.6 is 0 Å². The van der Waals surface area contributed by atoms with Gasteiger partial charge in [-0.05, 0) is 44.0 Å². The highest BCUT2D eigenvalue weighted by atomic mass is 28.3. The summed E-state index contributed by atoms with van der Waals surface area (Å²) in [5.74, 6) is 0. The fraction of sp³-hybridized carbons (Fsp3) is 0.0769. The van der Waals surface area contributed by atoms with Crippen molar-refractivity contribution in [3.63, 3.8) is 0 Å². The molecule has 0 spiro atoms. The van der Waals surface area contributed by atoms with E-state index in [2.05, 4.69) is 110 Å². The standard InChI is InChI=1S/C26H24Si/c1-3-19-27(20-4-2,25-17-9-13-21-11-5-7-15-23(21)25)26-18-10-14-22-12-6-8-16-24(22)26/h3-18H,1-2,19-20H2. The summed E-state index contributed by atoms with van der Waals surface area (Å²) in [6, 6.07) is 33.0. The molecule has 0 bridgehead atoms. The lowest BCUT2D eigenvalue weighted by molar-refractivity contribution is 1.49. The smallest absolute Gasteiger partial charge is 0.103 e. The molecule has 0 nitrogen and oxygen atoms in total. The topological polar surface area (TPSA) is 0 Å². The Kier molecular flexibility index (Phi) is 4.78. The van der Waals surface area contributed by atoms with Crippen molar-refractivity contribution in [2.45, 2.75) is 12.1 Å². The van der Waals surface area contributed by atoms with Gasteiger partial charge in [0, 0.05) is 0 Å². The highest BCUT2D eigenvalue weighted by molar-refractivity contribution is 7.05. The van der Waals surface area contributed by atoms with Gasteiger partial charge in [-0.2, -0.15) is 0 Å². The van der Waals surface area contributed by atoms with Crippen molar-refractivity contribution in [1.29, 1.82) is 0 Å². The monoisotopic (exact) mass is 364 g/mol. The molecule has 0 amide bonds. The summed E-state index contributed by atoms with van der Waals surface area (Å²) in [7, 11) is -2.11. The average molecular weight is 365 g/mol. The lowest BCUT2D eigenvalue weighted by atomic mass is 10.1. The molecule has 0 aromatic heterocycles. The van der Waals surface area contributed by atoms with Crippen LogP contribution in [-0.4, -0.2) is 8.07 Å². The van der Waals surface area contributed by atoms with Crippen molar-refractivity contribution < 1.29 is 0 Å². The Balaban J connectivity index is 2.12. The zero-order valence-corrected chi connectivity index (χ0v) is 16.6. The predicted molar refractivity (Wildman–Crippen MR) is 123 cm³/mol. The molecule has 0 saturated heterocycles. The Bertz CT molecular complexity index is 1020. The van der Waals surface area contributed by atoms with E-state index in [1.54, 1.807) is 0 Å². The van der Waals surface area contributed by atoms with Gasteiger partial charge >= 0.3 is 0 Å². The van der Waals surface area contributed by atoms with Crippen LogP contribution in [0, 0.1) is 0 Å². The van der Waals surface area contributed by atoms with Gasteiger partial charge in [0.2, 0.25) is 0 Å². The molecular formula is C26H24Si. The van der Waals surface area contributed by atoms with Gasteiger partial charge in [0.25, 0.3) is 0 Å². The number of benzene rings is 4. The van der Waals surface area contributed by atoms with E-state index in [0.717, 1.165) is 12.1 Å². The van der Waals surface area contributed by atoms with E-state index in [4.69, 9.17) is 0 Å². The van der Waals surface area contributed by atoms with E-state index in [1.807, 2.05) is 0 Å². The summed E-state index contributed by atoms with van der Waals surface area (Å²) in [4.78, 5) is 0. The largest absolute Gasteiger partial charge is 0.127 e. The van der Waals surface area contributed by atoms with Crippen LogP contribution in [0.25, 0.3) is 21.5 Å². The fourth-order valence-electron chi connectivity index (χ4n) is 4.45. The van der Waals surface area contributed by atoms with Crippen LogP contribution in [0.4, 0.5) is 0 Å². The van der Waals surface area contributed by atoms with Crippen molar-refractivity contribution in [2.24, 2.45) is 0 Å². The third-order valence-electron chi connectivity index (χ3n) is 5.60. The van der Waals surface area contributed by atoms with Gasteiger partial charge in [-0.25, -0.2) is 0 Å². The average Bonchev–Trinajstić information content (AvgIpc) is 2.73. The zero-order valence-electron chi connectivity index (χ0n) is 15.6. The third-order valence-corrected chi connectivity index (χ3v) is 10.5. The second-order valence-corrected chi connectivity index (χ2v) is 11.2. The Hall–Kier alpha value is -2.90. The maximum Gasteiger partial charge on any atom is 0.127 e. The highest BCUT2D eigenvalue weighted by Gasteiger charge is 2.37. The molecule has 1 heteroatoms. The van der Waals surface area contributed by atoms with Crippen molar-refractivity contribution in [2.75, 3.05) is 0 Å². The molecule has 0 aliphatic rings. The van der Waals surface area contributed by atoms with Crippen LogP contribution in [0.5, 0.6) is 0 Å². The van der Waals surface area contributed by atoms with Gasteiger partial charge in [-0.1, -0.05) is 97.1 Å². The molecule has 0 atom stereocenters. The lowest BCUT2D eigenvalue weighted by Crippen LogP contribution is -2.58. The minimum atomic E-state index is -2.11. The third kappa shape index (κ3) is 2.94. The first-order chi connectivity index (χ1) is 13.3. The Morgan fingerprint density at radius 3 is 1.41 bits per heavy atom. The molecular weight excluding hydrogens is 340 g/mol. The zero-order chi connectivity index (χ0) is 18.7. The van der Waals surface area contributed by atoms with Crippen LogP contribution in [-0.2, 0) is 0 Å². The summed E-state index contributed by atoms with van der Waals surface area (Å²) >= 11 is 0. The number of fused-ring (bicyclic) bond motifs is 2. The molecule has 0 fully saturated rings. The van der Waals surface area contributed by atoms with E-state index in [9.17, 15) is 0 Å². The van der Waals surface area contributed by atoms with E-state index < -0.39 is 8.07 Å². The molecule has 0 saturated carbocycles. The van der Waals surface area contributed by atoms with Crippen LogP contribution in [0.3, 0.4) is 0 Å². The molecule has 0 N–H and O–H groups in total. The molecule has 0 aliphatic carbocycles. The molecule has 0 radical (unpaired) electrons. The van der Waals surface area contributed by atoms with Crippen LogP contribution in [0.15, 0.2) is 110 Å². The molecule has 0 unspecified atom stereocenters. The first kappa shape index (κ1) is 17.5. The van der Waals surface area contributed by atoms with Gasteiger partial charge in [0.05, 0.1) is 0 Å². The first-order valence-electron chi connectivity index (χ1n) is 9.48. The van der Waals surface area contributed by atoms with Crippen molar-refractivity contribution in [3.8, 4) is 0 Å². The van der Waals surface area contributed by atoms with Crippen molar-refractivity contribution in [3.05, 3.63) is 110 Å². The van der Waals surface area contributed by atoms with Crippen LogP contribution < -0.4 is 10.4 Å². The maximum atomic E-state index is 4.14. The highest BCUT2D eigenvalue weighted by Crippen LogP contribution is 2.26. The maximum absolute atomic E-state index is 4.14. The second-order valence-electron chi connectivity index (χ2n) is 7.12. The van der Waals surface area contributed by atoms with Crippen molar-refractivity contribution >= 4 is 40.0 Å². The Morgan fingerprint density at radius 1 is 0.556 bits per heavy atom. The predicted octanol–water partition coefficient (Wildman–Crippen LogP) is 5.93. The van der Waals surface area contributed by atoms with E-state index in [-0.39, 0.29) is 0 Å². The van der Waals surface area contributed by atoms with Gasteiger partial charge in [-0.3, -0.25) is 0 Å².